The van der Waals surface area contributed by atoms with Gasteiger partial charge in [-0.2, -0.15) is 0 Å². The molecule has 1 aliphatic rings. The van der Waals surface area contributed by atoms with Gasteiger partial charge in [0.05, 0.1) is 0 Å². The van der Waals surface area contributed by atoms with Crippen LogP contribution in [0.25, 0.3) is 0 Å². The van der Waals surface area contributed by atoms with Crippen molar-refractivity contribution in [1.29, 1.82) is 0 Å². The molecule has 0 atom stereocenters. The van der Waals surface area contributed by atoms with Gasteiger partial charge in [-0.1, -0.05) is 32.9 Å². The molecule has 18 heavy (non-hydrogen) atoms. The van der Waals surface area contributed by atoms with Crippen LogP contribution in [-0.4, -0.2) is 18.7 Å². The molecular weight excluding hydrogens is 270 g/mol. The summed E-state index contributed by atoms with van der Waals surface area (Å²) in [6.45, 7) is 6.39. The minimum atomic E-state index is -3.32. The van der Waals surface area contributed by atoms with Gasteiger partial charge in [-0.25, -0.2) is 8.42 Å². The van der Waals surface area contributed by atoms with E-state index in [2.05, 4.69) is 25.2 Å². The highest BCUT2D eigenvalue weighted by atomic mass is 32.3. The molecule has 1 aromatic carbocycles. The summed E-state index contributed by atoms with van der Waals surface area (Å²) >= 11 is 1.09. The summed E-state index contributed by atoms with van der Waals surface area (Å²) in [5.41, 5.74) is 1.28. The second kappa shape index (κ2) is 4.59. The fraction of sp³-hybridized carbons (Fsp3) is 0.417. The summed E-state index contributed by atoms with van der Waals surface area (Å²) in [6, 6.07) is 7.61. The zero-order valence-electron chi connectivity index (χ0n) is 10.5. The third-order valence-corrected chi connectivity index (χ3v) is 5.11. The predicted molar refractivity (Wildman–Crippen MR) is 74.6 cm³/mol. The average Bonchev–Trinajstić information content (AvgIpc) is 2.57. The highest BCUT2D eigenvalue weighted by molar-refractivity contribution is 8.24. The Hall–Kier alpha value is -1.01. The topological polar surface area (TPSA) is 55.7 Å². The van der Waals surface area contributed by atoms with Crippen molar-refractivity contribution in [3.05, 3.63) is 29.8 Å². The van der Waals surface area contributed by atoms with E-state index in [1.165, 1.54) is 5.56 Å². The van der Waals surface area contributed by atoms with E-state index in [1.807, 2.05) is 24.3 Å². The van der Waals surface area contributed by atoms with Crippen LogP contribution in [0.3, 0.4) is 0 Å². The molecule has 0 spiro atoms. The third kappa shape index (κ3) is 3.26. The van der Waals surface area contributed by atoms with E-state index < -0.39 is 10.0 Å². The van der Waals surface area contributed by atoms with Crippen molar-refractivity contribution >= 4 is 27.0 Å². The Kier molecular flexibility index (Phi) is 3.42. The first kappa shape index (κ1) is 13.4. The molecule has 1 aromatic rings. The van der Waals surface area contributed by atoms with Crippen molar-refractivity contribution in [2.75, 3.05) is 5.08 Å². The van der Waals surface area contributed by atoms with Crippen LogP contribution in [0.4, 0.5) is 0 Å². The fourth-order valence-corrected chi connectivity index (χ4v) is 3.64. The smallest absolute Gasteiger partial charge is 0.268 e. The highest BCUT2D eigenvalue weighted by Gasteiger charge is 2.23. The van der Waals surface area contributed by atoms with Gasteiger partial charge in [-0.15, -0.1) is 4.40 Å². The van der Waals surface area contributed by atoms with Crippen molar-refractivity contribution in [3.8, 4) is 5.75 Å². The summed E-state index contributed by atoms with van der Waals surface area (Å²) in [5.74, 6) is 0.603. The Morgan fingerprint density at radius 2 is 1.83 bits per heavy atom. The molecule has 0 N–H and O–H groups in total. The van der Waals surface area contributed by atoms with Crippen LogP contribution in [0, 0.1) is 0 Å². The fourth-order valence-electron chi connectivity index (χ4n) is 1.46. The Bertz CT molecular complexity index is 568. The van der Waals surface area contributed by atoms with E-state index in [0.29, 0.717) is 5.75 Å². The molecule has 98 valence electrons. The lowest BCUT2D eigenvalue weighted by atomic mass is 9.87. The standard InChI is InChI=1S/C12H15NO3S2/c1-12(2,3)9-4-6-10(7-5-9)16-11-13-18(14,15)8-17-11/h4-7H,8H2,1-3H3. The molecule has 0 fully saturated rings. The van der Waals surface area contributed by atoms with Gasteiger partial charge in [0.25, 0.3) is 15.3 Å². The first-order chi connectivity index (χ1) is 8.26. The summed E-state index contributed by atoms with van der Waals surface area (Å²) in [6.07, 6.45) is 0. The van der Waals surface area contributed by atoms with E-state index >= 15 is 0 Å². The number of sulfonamides is 1. The molecular formula is C12H15NO3S2. The first-order valence-electron chi connectivity index (χ1n) is 5.50. The maximum Gasteiger partial charge on any atom is 0.268 e. The largest absolute Gasteiger partial charge is 0.433 e. The molecule has 0 radical (unpaired) electrons. The van der Waals surface area contributed by atoms with E-state index in [4.69, 9.17) is 4.74 Å². The third-order valence-electron chi connectivity index (χ3n) is 2.47. The Morgan fingerprint density at radius 1 is 1.22 bits per heavy atom. The molecule has 0 bridgehead atoms. The van der Waals surface area contributed by atoms with Crippen LogP contribution in [0.1, 0.15) is 26.3 Å². The number of benzene rings is 1. The number of hydrogen-bond acceptors (Lipinski definition) is 4. The Morgan fingerprint density at radius 3 is 2.28 bits per heavy atom. The Labute approximate surface area is 112 Å². The molecule has 0 amide bonds. The number of thioether (sulfide) groups is 1. The van der Waals surface area contributed by atoms with Gasteiger partial charge in [-0.3, -0.25) is 0 Å². The van der Waals surface area contributed by atoms with Gasteiger partial charge in [0, 0.05) is 0 Å². The van der Waals surface area contributed by atoms with E-state index in [1.54, 1.807) is 0 Å². The maximum absolute atomic E-state index is 11.1. The second-order valence-corrected chi connectivity index (χ2v) is 8.00. The van der Waals surface area contributed by atoms with E-state index in [9.17, 15) is 8.42 Å². The lowest BCUT2D eigenvalue weighted by Gasteiger charge is -2.18. The molecule has 0 saturated heterocycles. The molecule has 0 unspecified atom stereocenters. The number of hydrogen-bond donors (Lipinski definition) is 0. The zero-order chi connectivity index (χ0) is 13.4. The average molecular weight is 285 g/mol. The minimum Gasteiger partial charge on any atom is -0.433 e. The molecule has 4 nitrogen and oxygen atoms in total. The summed E-state index contributed by atoms with van der Waals surface area (Å²) in [7, 11) is -3.32. The normalized spacial score (nSPS) is 18.5. The molecule has 0 saturated carbocycles. The molecule has 6 heteroatoms. The monoisotopic (exact) mass is 285 g/mol. The van der Waals surface area contributed by atoms with Crippen molar-refractivity contribution in [3.63, 3.8) is 0 Å². The van der Waals surface area contributed by atoms with Crippen LogP contribution < -0.4 is 4.74 Å². The van der Waals surface area contributed by atoms with Gasteiger partial charge in [0.2, 0.25) is 0 Å². The SMILES string of the molecule is CC(C)(C)c1ccc(OC2=NS(=O)(=O)CS2)cc1. The van der Waals surface area contributed by atoms with Gasteiger partial charge < -0.3 is 4.74 Å². The summed E-state index contributed by atoms with van der Waals surface area (Å²) < 4.78 is 31.2. The van der Waals surface area contributed by atoms with Crippen LogP contribution in [-0.2, 0) is 15.4 Å². The van der Waals surface area contributed by atoms with Crippen molar-refractivity contribution in [1.82, 2.24) is 0 Å². The minimum absolute atomic E-state index is 0.0393. The zero-order valence-corrected chi connectivity index (χ0v) is 12.1. The second-order valence-electron chi connectivity index (χ2n) is 5.08. The molecule has 0 aliphatic carbocycles. The van der Waals surface area contributed by atoms with Crippen LogP contribution in [0.15, 0.2) is 28.7 Å². The lowest BCUT2D eigenvalue weighted by Crippen LogP contribution is -2.10. The number of rotatable bonds is 1. The van der Waals surface area contributed by atoms with E-state index in [-0.39, 0.29) is 15.7 Å². The van der Waals surface area contributed by atoms with Crippen LogP contribution in [0.2, 0.25) is 0 Å². The predicted octanol–water partition coefficient (Wildman–Crippen LogP) is 2.75. The van der Waals surface area contributed by atoms with Crippen molar-refractivity contribution in [2.24, 2.45) is 4.40 Å². The van der Waals surface area contributed by atoms with Crippen molar-refractivity contribution in [2.45, 2.75) is 26.2 Å². The molecule has 1 aliphatic heterocycles. The maximum atomic E-state index is 11.1. The van der Waals surface area contributed by atoms with E-state index in [0.717, 1.165) is 11.8 Å². The highest BCUT2D eigenvalue weighted by Crippen LogP contribution is 2.26. The van der Waals surface area contributed by atoms with Crippen LogP contribution >= 0.6 is 11.8 Å². The van der Waals surface area contributed by atoms with Crippen LogP contribution in [0.5, 0.6) is 5.75 Å². The summed E-state index contributed by atoms with van der Waals surface area (Å²) in [4.78, 5) is 0. The number of nitrogens with zero attached hydrogens (tertiary/aromatic N) is 1. The van der Waals surface area contributed by atoms with Gasteiger partial charge in [0.1, 0.15) is 10.8 Å². The first-order valence-corrected chi connectivity index (χ1v) is 8.10. The Balaban J connectivity index is 2.13. The number of ether oxygens (including phenoxy) is 1. The molecule has 2 rings (SSSR count). The van der Waals surface area contributed by atoms with Gasteiger partial charge >= 0.3 is 0 Å². The quantitative estimate of drug-likeness (QED) is 0.796. The molecule has 0 aromatic heterocycles. The summed E-state index contributed by atoms with van der Waals surface area (Å²) in [5, 5.41) is 0.154. The van der Waals surface area contributed by atoms with Crippen molar-refractivity contribution < 1.29 is 13.2 Å². The lowest BCUT2D eigenvalue weighted by molar-refractivity contribution is 0.560. The van der Waals surface area contributed by atoms with Gasteiger partial charge in [0.15, 0.2) is 0 Å². The molecule has 1 heterocycles. The van der Waals surface area contributed by atoms with Gasteiger partial charge in [-0.05, 0) is 34.9 Å².